The Morgan fingerprint density at radius 1 is 0.846 bits per heavy atom. The van der Waals surface area contributed by atoms with Gasteiger partial charge in [0, 0.05) is 32.2 Å². The molecule has 3 nitrogen and oxygen atoms in total. The van der Waals surface area contributed by atoms with Crippen LogP contribution in [0.25, 0.3) is 0 Å². The van der Waals surface area contributed by atoms with Crippen molar-refractivity contribution in [2.75, 3.05) is 31.1 Å². The summed E-state index contributed by atoms with van der Waals surface area (Å²) in [7, 11) is 0. The number of halogens is 1. The highest BCUT2D eigenvalue weighted by Crippen LogP contribution is 2.36. The van der Waals surface area contributed by atoms with E-state index >= 15 is 0 Å². The Labute approximate surface area is 155 Å². The van der Waals surface area contributed by atoms with Crippen LogP contribution in [-0.2, 0) is 0 Å². The maximum Gasteiger partial charge on any atom is 0.146 e. The third kappa shape index (κ3) is 3.70. The molecule has 2 aromatic rings. The van der Waals surface area contributed by atoms with Crippen molar-refractivity contribution in [3.63, 3.8) is 0 Å². The van der Waals surface area contributed by atoms with Crippen molar-refractivity contribution in [1.82, 2.24) is 4.90 Å². The monoisotopic (exact) mass is 354 g/mol. The van der Waals surface area contributed by atoms with E-state index in [-0.39, 0.29) is 5.82 Å². The van der Waals surface area contributed by atoms with Crippen LogP contribution in [0.15, 0.2) is 48.5 Å². The lowest BCUT2D eigenvalue weighted by Gasteiger charge is -2.42. The first-order valence-electron chi connectivity index (χ1n) is 9.73. The van der Waals surface area contributed by atoms with E-state index < -0.39 is 0 Å². The van der Waals surface area contributed by atoms with Crippen molar-refractivity contribution in [2.45, 2.75) is 37.6 Å². The number of piperazine rings is 1. The molecule has 0 unspecified atom stereocenters. The van der Waals surface area contributed by atoms with Crippen LogP contribution in [0.5, 0.6) is 5.75 Å². The minimum atomic E-state index is -0.118. The van der Waals surface area contributed by atoms with Crippen molar-refractivity contribution in [3.8, 4) is 5.75 Å². The number of benzene rings is 2. The number of hydrogen-bond acceptors (Lipinski definition) is 3. The Morgan fingerprint density at radius 3 is 2.27 bits per heavy atom. The maximum atomic E-state index is 14.0. The third-order valence-electron chi connectivity index (χ3n) is 6.06. The van der Waals surface area contributed by atoms with Crippen molar-refractivity contribution < 1.29 is 9.50 Å². The number of aromatic hydroxyl groups is 1. The van der Waals surface area contributed by atoms with Crippen LogP contribution in [-0.4, -0.2) is 42.2 Å². The lowest BCUT2D eigenvalue weighted by atomic mass is 9.81. The van der Waals surface area contributed by atoms with Crippen LogP contribution < -0.4 is 4.90 Å². The van der Waals surface area contributed by atoms with Crippen LogP contribution in [0.2, 0.25) is 0 Å². The van der Waals surface area contributed by atoms with Crippen molar-refractivity contribution in [2.24, 2.45) is 0 Å². The highest BCUT2D eigenvalue weighted by atomic mass is 19.1. The quantitative estimate of drug-likeness (QED) is 0.886. The maximum absolute atomic E-state index is 14.0. The molecule has 2 aliphatic rings. The number of anilines is 1. The molecule has 0 bridgehead atoms. The van der Waals surface area contributed by atoms with Crippen LogP contribution in [0.3, 0.4) is 0 Å². The van der Waals surface area contributed by atoms with Crippen molar-refractivity contribution >= 4 is 5.69 Å². The van der Waals surface area contributed by atoms with Gasteiger partial charge in [0.15, 0.2) is 0 Å². The molecule has 1 saturated carbocycles. The SMILES string of the molecule is Oc1cccc([C@H]2CC[C@H](N3CCN(c4ccccc4F)CC3)CC2)c1. The van der Waals surface area contributed by atoms with Gasteiger partial charge in [-0.2, -0.15) is 0 Å². The van der Waals surface area contributed by atoms with E-state index in [0.29, 0.717) is 17.7 Å². The average Bonchev–Trinajstić information content (AvgIpc) is 2.69. The Bertz CT molecular complexity index is 734. The van der Waals surface area contributed by atoms with Gasteiger partial charge in [-0.25, -0.2) is 4.39 Å². The molecule has 26 heavy (non-hydrogen) atoms. The van der Waals surface area contributed by atoms with Gasteiger partial charge in [-0.15, -0.1) is 0 Å². The predicted molar refractivity (Wildman–Crippen MR) is 103 cm³/mol. The summed E-state index contributed by atoms with van der Waals surface area (Å²) >= 11 is 0. The molecule has 2 aromatic carbocycles. The highest BCUT2D eigenvalue weighted by Gasteiger charge is 2.29. The van der Waals surface area contributed by atoms with Gasteiger partial charge in [0.2, 0.25) is 0 Å². The zero-order valence-corrected chi connectivity index (χ0v) is 15.1. The van der Waals surface area contributed by atoms with Gasteiger partial charge in [-0.3, -0.25) is 4.90 Å². The number of hydrogen-bond donors (Lipinski definition) is 1. The van der Waals surface area contributed by atoms with Crippen LogP contribution in [0.4, 0.5) is 10.1 Å². The molecule has 0 amide bonds. The van der Waals surface area contributed by atoms with Gasteiger partial charge in [0.1, 0.15) is 11.6 Å². The standard InChI is InChI=1S/C22H27FN2O/c23-21-6-1-2-7-22(21)25-14-12-24(13-15-25)19-10-8-17(9-11-19)18-4-3-5-20(26)16-18/h1-7,16-17,19,26H,8-15H2/t17-,19-. The first-order valence-corrected chi connectivity index (χ1v) is 9.73. The summed E-state index contributed by atoms with van der Waals surface area (Å²) in [6.07, 6.45) is 4.78. The molecule has 4 rings (SSSR count). The summed E-state index contributed by atoms with van der Waals surface area (Å²) in [6, 6.07) is 15.5. The number of rotatable bonds is 3. The summed E-state index contributed by atoms with van der Waals surface area (Å²) < 4.78 is 14.0. The van der Waals surface area contributed by atoms with Crippen LogP contribution in [0, 0.1) is 5.82 Å². The predicted octanol–water partition coefficient (Wildman–Crippen LogP) is 4.38. The first-order chi connectivity index (χ1) is 12.7. The van der Waals surface area contributed by atoms with Gasteiger partial charge in [-0.1, -0.05) is 24.3 Å². The molecule has 0 radical (unpaired) electrons. The number of phenolic OH excluding ortho intramolecular Hbond substituents is 1. The summed E-state index contributed by atoms with van der Waals surface area (Å²) in [4.78, 5) is 4.76. The van der Waals surface area contributed by atoms with Crippen LogP contribution >= 0.6 is 0 Å². The molecular weight excluding hydrogens is 327 g/mol. The molecule has 1 aliphatic carbocycles. The zero-order valence-electron chi connectivity index (χ0n) is 15.1. The highest BCUT2D eigenvalue weighted by molar-refractivity contribution is 5.48. The lowest BCUT2D eigenvalue weighted by Crippen LogP contribution is -2.51. The Balaban J connectivity index is 1.30. The average molecular weight is 354 g/mol. The van der Waals surface area contributed by atoms with Gasteiger partial charge >= 0.3 is 0 Å². The Hall–Kier alpha value is -2.07. The summed E-state index contributed by atoms with van der Waals surface area (Å²) in [5.41, 5.74) is 2.01. The van der Waals surface area contributed by atoms with Gasteiger partial charge in [0.05, 0.1) is 5.69 Å². The first kappa shape index (κ1) is 17.3. The summed E-state index contributed by atoms with van der Waals surface area (Å²) in [5, 5.41) is 9.70. The molecule has 1 aliphatic heterocycles. The fourth-order valence-electron chi connectivity index (χ4n) is 4.59. The molecule has 0 aromatic heterocycles. The molecule has 138 valence electrons. The minimum absolute atomic E-state index is 0.118. The second kappa shape index (κ2) is 7.67. The Kier molecular flexibility index (Phi) is 5.11. The molecule has 1 N–H and O–H groups in total. The smallest absolute Gasteiger partial charge is 0.146 e. The van der Waals surface area contributed by atoms with E-state index in [1.165, 1.54) is 31.2 Å². The number of phenols is 1. The Morgan fingerprint density at radius 2 is 1.58 bits per heavy atom. The number of nitrogens with zero attached hydrogens (tertiary/aromatic N) is 2. The molecule has 1 saturated heterocycles. The second-order valence-electron chi connectivity index (χ2n) is 7.57. The fraction of sp³-hybridized carbons (Fsp3) is 0.455. The van der Waals surface area contributed by atoms with E-state index in [2.05, 4.69) is 15.9 Å². The normalized spacial score (nSPS) is 24.6. The summed E-state index contributed by atoms with van der Waals surface area (Å²) in [5.74, 6) is 0.819. The van der Waals surface area contributed by atoms with E-state index in [0.717, 1.165) is 31.9 Å². The van der Waals surface area contributed by atoms with E-state index in [1.54, 1.807) is 18.2 Å². The van der Waals surface area contributed by atoms with Crippen LogP contribution in [0.1, 0.15) is 37.2 Å². The molecule has 4 heteroatoms. The second-order valence-corrected chi connectivity index (χ2v) is 7.57. The van der Waals surface area contributed by atoms with E-state index in [4.69, 9.17) is 0 Å². The molecule has 1 heterocycles. The lowest BCUT2D eigenvalue weighted by molar-refractivity contribution is 0.141. The number of para-hydroxylation sites is 1. The van der Waals surface area contributed by atoms with Crippen molar-refractivity contribution in [3.05, 3.63) is 59.9 Å². The minimum Gasteiger partial charge on any atom is -0.508 e. The topological polar surface area (TPSA) is 26.7 Å². The molecule has 0 spiro atoms. The fourth-order valence-corrected chi connectivity index (χ4v) is 4.59. The molecule has 2 fully saturated rings. The van der Waals surface area contributed by atoms with Crippen molar-refractivity contribution in [1.29, 1.82) is 0 Å². The van der Waals surface area contributed by atoms with Gasteiger partial charge < -0.3 is 10.0 Å². The summed E-state index contributed by atoms with van der Waals surface area (Å²) in [6.45, 7) is 3.81. The zero-order chi connectivity index (χ0) is 17.9. The van der Waals surface area contributed by atoms with Gasteiger partial charge in [-0.05, 0) is 61.4 Å². The third-order valence-corrected chi connectivity index (χ3v) is 6.06. The van der Waals surface area contributed by atoms with E-state index in [9.17, 15) is 9.50 Å². The van der Waals surface area contributed by atoms with Gasteiger partial charge in [0.25, 0.3) is 0 Å². The molecular formula is C22H27FN2O. The van der Waals surface area contributed by atoms with E-state index in [1.807, 2.05) is 24.3 Å². The largest absolute Gasteiger partial charge is 0.508 e. The molecule has 0 atom stereocenters.